The van der Waals surface area contributed by atoms with Crippen molar-refractivity contribution in [1.29, 1.82) is 0 Å². The van der Waals surface area contributed by atoms with E-state index < -0.39 is 5.60 Å². The molecule has 0 aliphatic heterocycles. The highest BCUT2D eigenvalue weighted by molar-refractivity contribution is 5.28. The van der Waals surface area contributed by atoms with Crippen molar-refractivity contribution < 1.29 is 5.11 Å². The molecule has 0 spiro atoms. The van der Waals surface area contributed by atoms with E-state index in [0.717, 1.165) is 32.2 Å². The molecule has 2 nitrogen and oxygen atoms in total. The molecule has 1 saturated carbocycles. The zero-order valence-corrected chi connectivity index (χ0v) is 12.5. The van der Waals surface area contributed by atoms with E-state index in [9.17, 15) is 5.11 Å². The average Bonchev–Trinajstić information content (AvgIpc) is 2.36. The van der Waals surface area contributed by atoms with Crippen LogP contribution in [0, 0.1) is 6.92 Å². The quantitative estimate of drug-likeness (QED) is 0.898. The lowest BCUT2D eigenvalue weighted by molar-refractivity contribution is -0.0277. The standard InChI is InChI=1S/C17H27NO/c1-14-8-7-9-15(12-14)16(13-18(2)3)17(19)10-5-4-6-11-17/h7-9,12,16,19H,4-6,10-11,13H2,1-3H3. The Morgan fingerprint density at radius 3 is 2.47 bits per heavy atom. The Morgan fingerprint density at radius 1 is 1.21 bits per heavy atom. The molecule has 1 atom stereocenters. The Morgan fingerprint density at radius 2 is 1.89 bits per heavy atom. The van der Waals surface area contributed by atoms with Crippen LogP contribution in [0.1, 0.15) is 49.1 Å². The number of hydrogen-bond acceptors (Lipinski definition) is 2. The fraction of sp³-hybridized carbons (Fsp3) is 0.647. The van der Waals surface area contributed by atoms with Crippen LogP contribution in [0.15, 0.2) is 24.3 Å². The van der Waals surface area contributed by atoms with E-state index in [1.165, 1.54) is 17.5 Å². The second kappa shape index (κ2) is 6.06. The van der Waals surface area contributed by atoms with Crippen LogP contribution < -0.4 is 0 Å². The molecular weight excluding hydrogens is 234 g/mol. The largest absolute Gasteiger partial charge is 0.389 e. The van der Waals surface area contributed by atoms with E-state index in [-0.39, 0.29) is 5.92 Å². The summed E-state index contributed by atoms with van der Waals surface area (Å²) in [6.45, 7) is 3.04. The third-order valence-electron chi connectivity index (χ3n) is 4.36. The van der Waals surface area contributed by atoms with Gasteiger partial charge < -0.3 is 10.0 Å². The molecular formula is C17H27NO. The molecule has 1 N–H and O–H groups in total. The number of rotatable bonds is 4. The van der Waals surface area contributed by atoms with Crippen LogP contribution in [0.5, 0.6) is 0 Å². The Hall–Kier alpha value is -0.860. The topological polar surface area (TPSA) is 23.5 Å². The van der Waals surface area contributed by atoms with Gasteiger partial charge in [-0.25, -0.2) is 0 Å². The Labute approximate surface area is 117 Å². The molecule has 0 amide bonds. The van der Waals surface area contributed by atoms with Crippen molar-refractivity contribution in [2.45, 2.75) is 50.5 Å². The fourth-order valence-corrected chi connectivity index (χ4v) is 3.35. The fourth-order valence-electron chi connectivity index (χ4n) is 3.35. The minimum Gasteiger partial charge on any atom is -0.389 e. The molecule has 1 aromatic rings. The minimum atomic E-state index is -0.518. The summed E-state index contributed by atoms with van der Waals surface area (Å²) in [4.78, 5) is 2.19. The van der Waals surface area contributed by atoms with Crippen LogP contribution in [-0.2, 0) is 0 Å². The highest BCUT2D eigenvalue weighted by atomic mass is 16.3. The Kier molecular flexibility index (Phi) is 4.64. The summed E-state index contributed by atoms with van der Waals surface area (Å²) in [6.07, 6.45) is 5.47. The first kappa shape index (κ1) is 14.5. The first-order valence-electron chi connectivity index (χ1n) is 7.45. The van der Waals surface area contributed by atoms with Crippen molar-refractivity contribution in [3.63, 3.8) is 0 Å². The van der Waals surface area contributed by atoms with E-state index in [2.05, 4.69) is 50.2 Å². The summed E-state index contributed by atoms with van der Waals surface area (Å²) < 4.78 is 0. The van der Waals surface area contributed by atoms with Gasteiger partial charge in [0.25, 0.3) is 0 Å². The van der Waals surface area contributed by atoms with Gasteiger partial charge in [-0.05, 0) is 39.4 Å². The maximum absolute atomic E-state index is 11.1. The molecule has 2 rings (SSSR count). The predicted molar refractivity (Wildman–Crippen MR) is 80.5 cm³/mol. The summed E-state index contributed by atoms with van der Waals surface area (Å²) in [7, 11) is 4.18. The van der Waals surface area contributed by atoms with Gasteiger partial charge in [-0.3, -0.25) is 0 Å². The lowest BCUT2D eigenvalue weighted by atomic mass is 9.72. The van der Waals surface area contributed by atoms with Crippen molar-refractivity contribution in [1.82, 2.24) is 4.90 Å². The Bertz CT molecular complexity index is 407. The van der Waals surface area contributed by atoms with E-state index in [0.29, 0.717) is 0 Å². The van der Waals surface area contributed by atoms with Gasteiger partial charge in [-0.15, -0.1) is 0 Å². The molecule has 0 aromatic heterocycles. The average molecular weight is 261 g/mol. The van der Waals surface area contributed by atoms with Crippen molar-refractivity contribution in [2.75, 3.05) is 20.6 Å². The minimum absolute atomic E-state index is 0.225. The lowest BCUT2D eigenvalue weighted by Gasteiger charge is -2.41. The predicted octanol–water partition coefficient (Wildman–Crippen LogP) is 3.34. The van der Waals surface area contributed by atoms with E-state index in [4.69, 9.17) is 0 Å². The van der Waals surface area contributed by atoms with Crippen LogP contribution >= 0.6 is 0 Å². The number of benzene rings is 1. The highest BCUT2D eigenvalue weighted by Gasteiger charge is 2.38. The number of nitrogens with zero attached hydrogens (tertiary/aromatic N) is 1. The normalized spacial score (nSPS) is 20.5. The molecule has 1 aromatic carbocycles. The second-order valence-electron chi connectivity index (χ2n) is 6.39. The van der Waals surface area contributed by atoms with Gasteiger partial charge in [0, 0.05) is 12.5 Å². The first-order chi connectivity index (χ1) is 9.01. The lowest BCUT2D eigenvalue weighted by Crippen LogP contribution is -2.42. The van der Waals surface area contributed by atoms with Crippen LogP contribution in [0.2, 0.25) is 0 Å². The van der Waals surface area contributed by atoms with Gasteiger partial charge in [-0.1, -0.05) is 49.1 Å². The van der Waals surface area contributed by atoms with Crippen molar-refractivity contribution >= 4 is 0 Å². The molecule has 2 heteroatoms. The zero-order valence-electron chi connectivity index (χ0n) is 12.5. The van der Waals surface area contributed by atoms with Crippen molar-refractivity contribution in [3.8, 4) is 0 Å². The summed E-state index contributed by atoms with van der Waals surface area (Å²) in [5, 5.41) is 11.1. The summed E-state index contributed by atoms with van der Waals surface area (Å²) in [5.74, 6) is 0.225. The van der Waals surface area contributed by atoms with Gasteiger partial charge in [0.2, 0.25) is 0 Å². The number of hydrogen-bond donors (Lipinski definition) is 1. The van der Waals surface area contributed by atoms with Crippen LogP contribution in [0.4, 0.5) is 0 Å². The van der Waals surface area contributed by atoms with Crippen molar-refractivity contribution in [2.24, 2.45) is 0 Å². The summed E-state index contributed by atoms with van der Waals surface area (Å²) in [5.41, 5.74) is 2.05. The van der Waals surface area contributed by atoms with Gasteiger partial charge >= 0.3 is 0 Å². The van der Waals surface area contributed by atoms with Crippen LogP contribution in [-0.4, -0.2) is 36.2 Å². The van der Waals surface area contributed by atoms with Gasteiger partial charge in [-0.2, -0.15) is 0 Å². The molecule has 1 aliphatic carbocycles. The zero-order chi connectivity index (χ0) is 13.9. The maximum Gasteiger partial charge on any atom is 0.0728 e. The molecule has 106 valence electrons. The van der Waals surface area contributed by atoms with Gasteiger partial charge in [0.1, 0.15) is 0 Å². The molecule has 0 bridgehead atoms. The Balaban J connectivity index is 2.29. The monoisotopic (exact) mass is 261 g/mol. The SMILES string of the molecule is Cc1cccc(C(CN(C)C)C2(O)CCCCC2)c1. The maximum atomic E-state index is 11.1. The van der Waals surface area contributed by atoms with Crippen LogP contribution in [0.3, 0.4) is 0 Å². The van der Waals surface area contributed by atoms with Gasteiger partial charge in [0.15, 0.2) is 0 Å². The molecule has 0 heterocycles. The number of aryl methyl sites for hydroxylation is 1. The second-order valence-corrected chi connectivity index (χ2v) is 6.39. The smallest absolute Gasteiger partial charge is 0.0728 e. The molecule has 0 radical (unpaired) electrons. The number of likely N-dealkylation sites (N-methyl/N-ethyl adjacent to an activating group) is 1. The van der Waals surface area contributed by atoms with E-state index >= 15 is 0 Å². The molecule has 1 fully saturated rings. The molecule has 1 unspecified atom stereocenters. The third-order valence-corrected chi connectivity index (χ3v) is 4.36. The van der Waals surface area contributed by atoms with Crippen molar-refractivity contribution in [3.05, 3.63) is 35.4 Å². The van der Waals surface area contributed by atoms with E-state index in [1.807, 2.05) is 0 Å². The number of aliphatic hydroxyl groups is 1. The molecule has 1 aliphatic rings. The highest BCUT2D eigenvalue weighted by Crippen LogP contribution is 2.40. The summed E-state index contributed by atoms with van der Waals surface area (Å²) >= 11 is 0. The third kappa shape index (κ3) is 3.58. The van der Waals surface area contributed by atoms with Crippen LogP contribution in [0.25, 0.3) is 0 Å². The van der Waals surface area contributed by atoms with Gasteiger partial charge in [0.05, 0.1) is 5.60 Å². The first-order valence-corrected chi connectivity index (χ1v) is 7.45. The molecule has 0 saturated heterocycles. The molecule has 19 heavy (non-hydrogen) atoms. The summed E-state index contributed by atoms with van der Waals surface area (Å²) in [6, 6.07) is 8.65. The van der Waals surface area contributed by atoms with E-state index in [1.54, 1.807) is 0 Å².